The van der Waals surface area contributed by atoms with Crippen LogP contribution in [0.2, 0.25) is 0 Å². The van der Waals surface area contributed by atoms with Crippen LogP contribution in [-0.4, -0.2) is 31.6 Å². The second-order valence-electron chi connectivity index (χ2n) is 2.05. The second-order valence-corrected chi connectivity index (χ2v) is 2.05. The van der Waals surface area contributed by atoms with E-state index in [2.05, 4.69) is 11.8 Å². The number of nitrogens with zero attached hydrogens (tertiary/aromatic N) is 1. The molecule has 0 saturated heterocycles. The first-order valence-electron chi connectivity index (χ1n) is 2.55. The standard InChI is InChI=1S/C5H14N2.ClH/c1-5(4-6)7(2)3;/h5H,4,6H2,1-3H3;1H/t5-;/m0./s1. The molecule has 2 N–H and O–H groups in total. The number of halogens is 1. The summed E-state index contributed by atoms with van der Waals surface area (Å²) in [5.41, 5.74) is 5.33. The van der Waals surface area contributed by atoms with Crippen molar-refractivity contribution < 1.29 is 0 Å². The van der Waals surface area contributed by atoms with Gasteiger partial charge in [-0.2, -0.15) is 0 Å². The third-order valence-corrected chi connectivity index (χ3v) is 1.22. The summed E-state index contributed by atoms with van der Waals surface area (Å²) in [7, 11) is 4.05. The summed E-state index contributed by atoms with van der Waals surface area (Å²) in [6.07, 6.45) is 0. The molecule has 0 fully saturated rings. The fourth-order valence-corrected chi connectivity index (χ4v) is 0.211. The van der Waals surface area contributed by atoms with Crippen LogP contribution >= 0.6 is 12.4 Å². The van der Waals surface area contributed by atoms with E-state index in [1.54, 1.807) is 0 Å². The first-order valence-corrected chi connectivity index (χ1v) is 2.55. The summed E-state index contributed by atoms with van der Waals surface area (Å²) in [6, 6.07) is 0.514. The van der Waals surface area contributed by atoms with Crippen LogP contribution in [0.15, 0.2) is 0 Å². The number of hydrogen-bond donors (Lipinski definition) is 1. The largest absolute Gasteiger partial charge is 0.329 e. The van der Waals surface area contributed by atoms with Crippen molar-refractivity contribution in [1.29, 1.82) is 0 Å². The molecule has 52 valence electrons. The van der Waals surface area contributed by atoms with Gasteiger partial charge >= 0.3 is 0 Å². The van der Waals surface area contributed by atoms with Crippen molar-refractivity contribution in [1.82, 2.24) is 4.90 Å². The predicted molar refractivity (Wildman–Crippen MR) is 39.5 cm³/mol. The minimum absolute atomic E-state index is 0. The number of hydrogen-bond acceptors (Lipinski definition) is 2. The molecule has 8 heavy (non-hydrogen) atoms. The molecule has 0 bridgehead atoms. The molecular weight excluding hydrogens is 124 g/mol. The summed E-state index contributed by atoms with van der Waals surface area (Å²) in [5, 5.41) is 0. The van der Waals surface area contributed by atoms with E-state index >= 15 is 0 Å². The number of nitrogens with two attached hydrogens (primary N) is 1. The predicted octanol–water partition coefficient (Wildman–Crippen LogP) is 0.317. The first-order chi connectivity index (χ1) is 3.18. The maximum atomic E-state index is 5.33. The van der Waals surface area contributed by atoms with Crippen LogP contribution in [0.25, 0.3) is 0 Å². The highest BCUT2D eigenvalue weighted by molar-refractivity contribution is 5.85. The maximum absolute atomic E-state index is 5.33. The average Bonchev–Trinajstić information content (AvgIpc) is 1.65. The topological polar surface area (TPSA) is 29.3 Å². The molecule has 0 aromatic heterocycles. The van der Waals surface area contributed by atoms with E-state index in [0.717, 1.165) is 6.54 Å². The van der Waals surface area contributed by atoms with E-state index in [-0.39, 0.29) is 12.4 Å². The van der Waals surface area contributed by atoms with Crippen molar-refractivity contribution in [3.8, 4) is 0 Å². The second kappa shape index (κ2) is 5.35. The van der Waals surface area contributed by atoms with E-state index in [9.17, 15) is 0 Å². The van der Waals surface area contributed by atoms with Crippen molar-refractivity contribution in [3.05, 3.63) is 0 Å². The van der Waals surface area contributed by atoms with Gasteiger partial charge in [0.25, 0.3) is 0 Å². The van der Waals surface area contributed by atoms with Gasteiger partial charge in [0.1, 0.15) is 0 Å². The van der Waals surface area contributed by atoms with E-state index < -0.39 is 0 Å². The maximum Gasteiger partial charge on any atom is 0.0184 e. The Bertz CT molecular complexity index is 47.7. The Balaban J connectivity index is 0. The summed E-state index contributed by atoms with van der Waals surface area (Å²) in [5.74, 6) is 0. The number of rotatable bonds is 2. The molecule has 0 rings (SSSR count). The van der Waals surface area contributed by atoms with Crippen LogP contribution in [0.3, 0.4) is 0 Å². The molecule has 0 unspecified atom stereocenters. The lowest BCUT2D eigenvalue weighted by Crippen LogP contribution is -2.31. The van der Waals surface area contributed by atoms with Gasteiger partial charge in [0.2, 0.25) is 0 Å². The fraction of sp³-hybridized carbons (Fsp3) is 1.00. The average molecular weight is 139 g/mol. The molecule has 0 aromatic carbocycles. The van der Waals surface area contributed by atoms with E-state index in [1.807, 2.05) is 14.1 Å². The summed E-state index contributed by atoms with van der Waals surface area (Å²) < 4.78 is 0. The van der Waals surface area contributed by atoms with Gasteiger partial charge in [-0.25, -0.2) is 0 Å². The van der Waals surface area contributed by atoms with Gasteiger partial charge in [0, 0.05) is 12.6 Å². The SMILES string of the molecule is C[C@@H](CN)N(C)C.Cl. The molecule has 0 spiro atoms. The van der Waals surface area contributed by atoms with Gasteiger partial charge in [-0.05, 0) is 21.0 Å². The smallest absolute Gasteiger partial charge is 0.0184 e. The Kier molecular flexibility index (Phi) is 7.40. The highest BCUT2D eigenvalue weighted by Crippen LogP contribution is 1.84. The normalized spacial score (nSPS) is 13.1. The monoisotopic (exact) mass is 138 g/mol. The van der Waals surface area contributed by atoms with E-state index in [0.29, 0.717) is 6.04 Å². The van der Waals surface area contributed by atoms with Crippen LogP contribution in [0, 0.1) is 0 Å². The molecule has 3 heteroatoms. The Morgan fingerprint density at radius 3 is 1.88 bits per heavy atom. The van der Waals surface area contributed by atoms with Crippen molar-refractivity contribution in [2.45, 2.75) is 13.0 Å². The van der Waals surface area contributed by atoms with Crippen molar-refractivity contribution in [3.63, 3.8) is 0 Å². The minimum atomic E-state index is 0. The van der Waals surface area contributed by atoms with Crippen LogP contribution in [0.5, 0.6) is 0 Å². The lowest BCUT2D eigenvalue weighted by molar-refractivity contribution is 0.320. The molecule has 0 saturated carbocycles. The third kappa shape index (κ3) is 4.37. The minimum Gasteiger partial charge on any atom is -0.329 e. The quantitative estimate of drug-likeness (QED) is 0.596. The Morgan fingerprint density at radius 2 is 1.88 bits per heavy atom. The molecule has 0 aliphatic rings. The Morgan fingerprint density at radius 1 is 1.50 bits per heavy atom. The lowest BCUT2D eigenvalue weighted by atomic mass is 10.3. The van der Waals surface area contributed by atoms with Gasteiger partial charge in [-0.15, -0.1) is 12.4 Å². The summed E-state index contributed by atoms with van der Waals surface area (Å²) in [6.45, 7) is 2.84. The summed E-state index contributed by atoms with van der Waals surface area (Å²) >= 11 is 0. The molecule has 1 atom stereocenters. The highest BCUT2D eigenvalue weighted by Gasteiger charge is 1.97. The fourth-order valence-electron chi connectivity index (χ4n) is 0.211. The molecule has 0 amide bonds. The van der Waals surface area contributed by atoms with Crippen LogP contribution in [0.4, 0.5) is 0 Å². The van der Waals surface area contributed by atoms with Crippen molar-refractivity contribution in [2.24, 2.45) is 5.73 Å². The van der Waals surface area contributed by atoms with Crippen LogP contribution < -0.4 is 5.73 Å². The van der Waals surface area contributed by atoms with Gasteiger partial charge in [-0.3, -0.25) is 0 Å². The highest BCUT2D eigenvalue weighted by atomic mass is 35.5. The molecule has 0 aromatic rings. The third-order valence-electron chi connectivity index (χ3n) is 1.22. The van der Waals surface area contributed by atoms with Crippen molar-refractivity contribution >= 4 is 12.4 Å². The first kappa shape index (κ1) is 11.1. The zero-order valence-electron chi connectivity index (χ0n) is 5.72. The zero-order valence-corrected chi connectivity index (χ0v) is 6.53. The zero-order chi connectivity index (χ0) is 5.86. The molecule has 2 nitrogen and oxygen atoms in total. The van der Waals surface area contributed by atoms with Gasteiger partial charge in [-0.1, -0.05) is 0 Å². The molecule has 0 aliphatic carbocycles. The lowest BCUT2D eigenvalue weighted by Gasteiger charge is -2.16. The van der Waals surface area contributed by atoms with Gasteiger partial charge in [0.15, 0.2) is 0 Å². The Labute approximate surface area is 57.5 Å². The molecule has 0 radical (unpaired) electrons. The van der Waals surface area contributed by atoms with Crippen LogP contribution in [0.1, 0.15) is 6.92 Å². The molecular formula is C5H15ClN2. The molecule has 0 heterocycles. The van der Waals surface area contributed by atoms with Gasteiger partial charge in [0.05, 0.1) is 0 Å². The Hall–Kier alpha value is 0.210. The number of likely N-dealkylation sites (N-methyl/N-ethyl adjacent to an activating group) is 1. The van der Waals surface area contributed by atoms with E-state index in [1.165, 1.54) is 0 Å². The van der Waals surface area contributed by atoms with E-state index in [4.69, 9.17) is 5.73 Å². The van der Waals surface area contributed by atoms with Crippen LogP contribution in [-0.2, 0) is 0 Å². The molecule has 0 aliphatic heterocycles. The van der Waals surface area contributed by atoms with Gasteiger partial charge < -0.3 is 10.6 Å². The van der Waals surface area contributed by atoms with Crippen molar-refractivity contribution in [2.75, 3.05) is 20.6 Å². The summed E-state index contributed by atoms with van der Waals surface area (Å²) in [4.78, 5) is 2.10.